The van der Waals surface area contributed by atoms with Crippen LogP contribution < -0.4 is 21.5 Å². The number of nitrogens with one attached hydrogen (secondary N) is 3. The van der Waals surface area contributed by atoms with Crippen molar-refractivity contribution in [1.82, 2.24) is 29.7 Å². The van der Waals surface area contributed by atoms with Crippen LogP contribution in [0.15, 0.2) is 11.1 Å². The number of hydrogen-bond donors (Lipinski definition) is 4. The van der Waals surface area contributed by atoms with Crippen molar-refractivity contribution in [1.29, 1.82) is 0 Å². The molecule has 194 valence electrons. The van der Waals surface area contributed by atoms with Crippen LogP contribution in [0, 0.1) is 0 Å². The van der Waals surface area contributed by atoms with E-state index in [1.807, 2.05) is 0 Å². The van der Waals surface area contributed by atoms with Crippen molar-refractivity contribution in [2.24, 2.45) is 0 Å². The van der Waals surface area contributed by atoms with Gasteiger partial charge in [-0.3, -0.25) is 29.5 Å². The van der Waals surface area contributed by atoms with Crippen molar-refractivity contribution in [3.8, 4) is 0 Å². The minimum Gasteiger partial charge on any atom is -0.465 e. The number of carbonyl (C=O) groups excluding carboxylic acids is 2. The first-order valence-corrected chi connectivity index (χ1v) is 13.3. The van der Waals surface area contributed by atoms with E-state index < -0.39 is 25.9 Å². The zero-order valence-corrected chi connectivity index (χ0v) is 21.2. The first kappa shape index (κ1) is 27.0. The highest BCUT2D eigenvalue weighted by molar-refractivity contribution is 7.53. The van der Waals surface area contributed by atoms with E-state index in [1.165, 1.54) is 6.33 Å². The smallest absolute Gasteiger partial charge is 0.323 e. The predicted octanol–water partition coefficient (Wildman–Crippen LogP) is 0.993. The van der Waals surface area contributed by atoms with E-state index in [2.05, 4.69) is 25.1 Å². The van der Waals surface area contributed by atoms with Gasteiger partial charge in [0.2, 0.25) is 5.95 Å². The van der Waals surface area contributed by atoms with Gasteiger partial charge < -0.3 is 24.5 Å². The monoisotopic (exact) mass is 511 g/mol. The SMILES string of the molecule is CCOC(=O)[C@H](C)NP(COCCn1cnc2c(=O)[nH]c(N)nc21)N[C@@H](C)C(=O)OC1CCCC1. The number of hydrogen-bond acceptors (Lipinski definition) is 11. The molecule has 1 aliphatic carbocycles. The second-order valence-corrected chi connectivity index (χ2v) is 9.95. The highest BCUT2D eigenvalue weighted by atomic mass is 31.1. The molecule has 1 saturated carbocycles. The number of imidazole rings is 1. The normalized spacial score (nSPS) is 16.8. The molecule has 0 spiro atoms. The van der Waals surface area contributed by atoms with E-state index in [-0.39, 0.29) is 49.1 Å². The van der Waals surface area contributed by atoms with Crippen molar-refractivity contribution >= 4 is 37.3 Å². The molecule has 2 aromatic heterocycles. The summed E-state index contributed by atoms with van der Waals surface area (Å²) >= 11 is 0. The third-order valence-corrected chi connectivity index (χ3v) is 7.31. The second-order valence-electron chi connectivity index (χ2n) is 8.32. The summed E-state index contributed by atoms with van der Waals surface area (Å²) in [5.74, 6) is -0.705. The zero-order valence-electron chi connectivity index (χ0n) is 20.3. The summed E-state index contributed by atoms with van der Waals surface area (Å²) in [7, 11) is -1.29. The van der Waals surface area contributed by atoms with Gasteiger partial charge in [-0.05, 0) is 46.5 Å². The summed E-state index contributed by atoms with van der Waals surface area (Å²) < 4.78 is 18.2. The lowest BCUT2D eigenvalue weighted by atomic mass is 10.3. The Balaban J connectivity index is 1.56. The van der Waals surface area contributed by atoms with Crippen LogP contribution in [-0.2, 0) is 30.3 Å². The first-order chi connectivity index (χ1) is 16.8. The molecule has 35 heavy (non-hydrogen) atoms. The Morgan fingerprint density at radius 3 is 2.63 bits per heavy atom. The molecular formula is C21H34N7O6P. The number of nitrogen functional groups attached to an aromatic ring is 1. The number of aromatic amines is 1. The van der Waals surface area contributed by atoms with Gasteiger partial charge in [-0.25, -0.2) is 4.98 Å². The van der Waals surface area contributed by atoms with Crippen LogP contribution in [0.2, 0.25) is 0 Å². The molecule has 2 aromatic rings. The quantitative estimate of drug-likeness (QED) is 0.171. The van der Waals surface area contributed by atoms with E-state index in [9.17, 15) is 14.4 Å². The molecule has 0 amide bonds. The fourth-order valence-corrected chi connectivity index (χ4v) is 5.36. The minimum atomic E-state index is -1.29. The highest BCUT2D eigenvalue weighted by Crippen LogP contribution is 2.28. The lowest BCUT2D eigenvalue weighted by Crippen LogP contribution is -2.41. The number of nitrogens with zero attached hydrogens (tertiary/aromatic N) is 3. The molecule has 2 heterocycles. The van der Waals surface area contributed by atoms with Crippen LogP contribution in [-0.4, -0.2) is 69.2 Å². The summed E-state index contributed by atoms with van der Waals surface area (Å²) in [6, 6.07) is -1.17. The van der Waals surface area contributed by atoms with Crippen molar-refractivity contribution in [3.05, 3.63) is 16.7 Å². The van der Waals surface area contributed by atoms with E-state index in [0.717, 1.165) is 25.7 Å². The van der Waals surface area contributed by atoms with Gasteiger partial charge >= 0.3 is 11.9 Å². The van der Waals surface area contributed by atoms with Crippen LogP contribution in [0.25, 0.3) is 11.2 Å². The Bertz CT molecular complexity index is 1050. The van der Waals surface area contributed by atoms with Gasteiger partial charge in [-0.15, -0.1) is 0 Å². The number of fused-ring (bicyclic) bond motifs is 1. The summed E-state index contributed by atoms with van der Waals surface area (Å²) in [5.41, 5.74) is 5.79. The molecule has 0 aromatic carbocycles. The number of rotatable bonds is 13. The van der Waals surface area contributed by atoms with E-state index in [4.69, 9.17) is 19.9 Å². The number of nitrogens with two attached hydrogens (primary N) is 1. The highest BCUT2D eigenvalue weighted by Gasteiger charge is 2.26. The number of H-pyrrole nitrogens is 1. The third-order valence-electron chi connectivity index (χ3n) is 5.47. The van der Waals surface area contributed by atoms with Gasteiger partial charge in [0.15, 0.2) is 11.2 Å². The number of esters is 2. The fraction of sp³-hybridized carbons (Fsp3) is 0.667. The Morgan fingerprint density at radius 2 is 1.94 bits per heavy atom. The molecule has 1 unspecified atom stereocenters. The maximum absolute atomic E-state index is 12.5. The lowest BCUT2D eigenvalue weighted by molar-refractivity contribution is -0.150. The zero-order chi connectivity index (χ0) is 25.4. The number of carbonyl (C=O) groups is 2. The first-order valence-electron chi connectivity index (χ1n) is 11.7. The molecule has 0 aliphatic heterocycles. The number of ether oxygens (including phenoxy) is 3. The average molecular weight is 512 g/mol. The Labute approximate surface area is 204 Å². The molecule has 0 radical (unpaired) electrons. The van der Waals surface area contributed by atoms with Crippen LogP contribution in [0.3, 0.4) is 0 Å². The van der Waals surface area contributed by atoms with Gasteiger partial charge in [-0.1, -0.05) is 0 Å². The molecular weight excluding hydrogens is 477 g/mol. The molecule has 0 saturated heterocycles. The molecule has 13 nitrogen and oxygen atoms in total. The number of aromatic nitrogens is 4. The predicted molar refractivity (Wildman–Crippen MR) is 130 cm³/mol. The topological polar surface area (TPSA) is 175 Å². The van der Waals surface area contributed by atoms with Gasteiger partial charge in [0.05, 0.1) is 34.1 Å². The van der Waals surface area contributed by atoms with Gasteiger partial charge in [-0.2, -0.15) is 4.98 Å². The van der Waals surface area contributed by atoms with Crippen molar-refractivity contribution in [3.63, 3.8) is 0 Å². The molecule has 1 fully saturated rings. The largest absolute Gasteiger partial charge is 0.465 e. The van der Waals surface area contributed by atoms with Gasteiger partial charge in [0, 0.05) is 6.54 Å². The van der Waals surface area contributed by atoms with E-state index in [1.54, 1.807) is 25.3 Å². The molecule has 14 heteroatoms. The Kier molecular flexibility index (Phi) is 9.96. The van der Waals surface area contributed by atoms with Crippen LogP contribution in [0.5, 0.6) is 0 Å². The summed E-state index contributed by atoms with van der Waals surface area (Å²) in [6.45, 7) is 6.10. The summed E-state index contributed by atoms with van der Waals surface area (Å²) in [5, 5.41) is 6.38. The van der Waals surface area contributed by atoms with Crippen LogP contribution in [0.1, 0.15) is 46.5 Å². The van der Waals surface area contributed by atoms with Crippen LogP contribution >= 0.6 is 8.22 Å². The van der Waals surface area contributed by atoms with Gasteiger partial charge in [0.1, 0.15) is 18.2 Å². The van der Waals surface area contributed by atoms with Crippen LogP contribution in [0.4, 0.5) is 5.95 Å². The maximum atomic E-state index is 12.5. The molecule has 3 atom stereocenters. The molecule has 5 N–H and O–H groups in total. The van der Waals surface area contributed by atoms with Crippen molar-refractivity contribution in [2.75, 3.05) is 25.3 Å². The van der Waals surface area contributed by atoms with E-state index in [0.29, 0.717) is 12.2 Å². The van der Waals surface area contributed by atoms with E-state index >= 15 is 0 Å². The molecule has 3 rings (SSSR count). The second kappa shape index (κ2) is 12.9. The average Bonchev–Trinajstić information content (AvgIpc) is 3.46. The lowest BCUT2D eigenvalue weighted by Gasteiger charge is -2.26. The van der Waals surface area contributed by atoms with Crippen molar-refractivity contribution in [2.45, 2.75) is 71.2 Å². The molecule has 0 bridgehead atoms. The Morgan fingerprint density at radius 1 is 1.26 bits per heavy atom. The third kappa shape index (κ3) is 7.69. The number of anilines is 1. The molecule has 1 aliphatic rings. The van der Waals surface area contributed by atoms with Crippen molar-refractivity contribution < 1.29 is 23.8 Å². The maximum Gasteiger partial charge on any atom is 0.323 e. The Hall–Kier alpha value is -2.60. The summed E-state index contributed by atoms with van der Waals surface area (Å²) in [6.07, 6.45) is 5.61. The standard InChI is InChI=1S/C21H34N7O6P/c1-4-33-19(30)13(2)26-35(27-14(3)20(31)34-15-7-5-6-8-15)12-32-10-9-28-11-23-16-17(28)24-21(22)25-18(16)29/h11,13-15,26-27H,4-10,12H2,1-3H3,(H3,22,24,25,29)/t13-,14-,35?/m0/s1. The fourth-order valence-electron chi connectivity index (χ4n) is 3.68. The summed E-state index contributed by atoms with van der Waals surface area (Å²) in [4.78, 5) is 47.2. The van der Waals surface area contributed by atoms with Gasteiger partial charge in [0.25, 0.3) is 5.56 Å². The minimum absolute atomic E-state index is 0.00789.